The molecular weight excluding hydrogens is 439 g/mol. The maximum absolute atomic E-state index is 15.0. The van der Waals surface area contributed by atoms with E-state index >= 15 is 0 Å². The van der Waals surface area contributed by atoms with Gasteiger partial charge in [-0.1, -0.05) is 36.4 Å². The number of nitrogens with one attached hydrogen (secondary N) is 1. The van der Waals surface area contributed by atoms with Crippen LogP contribution in [0.4, 0.5) is 4.39 Å². The quantitative estimate of drug-likeness (QED) is 0.536. The monoisotopic (exact) mass is 470 g/mol. The number of carbonyl (C=O) groups is 1. The van der Waals surface area contributed by atoms with Gasteiger partial charge in [0.2, 0.25) is 0 Å². The molecule has 0 spiro atoms. The standard InChI is InChI=1S/C25H29FN4O2.H2S/c1-18-15-23-25(31)29(13-6-14-30(23)28-18)17-20-9-10-21(16-22(20)26)32-24(11-12-27-2)19-7-4-3-5-8-19;/h3-5,7-10,15-16,24,27H,6,11-14,17H2,1-2H3;1H2/t24-;/m0./s1. The Labute approximate surface area is 201 Å². The lowest BCUT2D eigenvalue weighted by Gasteiger charge is -2.22. The van der Waals surface area contributed by atoms with E-state index in [0.717, 1.165) is 30.6 Å². The van der Waals surface area contributed by atoms with E-state index in [1.165, 1.54) is 6.07 Å². The van der Waals surface area contributed by atoms with Gasteiger partial charge in [0.1, 0.15) is 23.4 Å². The molecule has 1 aromatic heterocycles. The van der Waals surface area contributed by atoms with E-state index in [4.69, 9.17) is 4.74 Å². The normalized spacial score (nSPS) is 14.3. The van der Waals surface area contributed by atoms with Crippen LogP contribution >= 0.6 is 13.5 Å². The first-order valence-corrected chi connectivity index (χ1v) is 11.0. The average Bonchev–Trinajstić information content (AvgIpc) is 3.11. The van der Waals surface area contributed by atoms with Crippen LogP contribution in [0.5, 0.6) is 5.75 Å². The molecule has 1 atom stereocenters. The molecule has 0 unspecified atom stereocenters. The van der Waals surface area contributed by atoms with Gasteiger partial charge in [-0.2, -0.15) is 18.6 Å². The number of aromatic nitrogens is 2. The zero-order chi connectivity index (χ0) is 22.5. The fourth-order valence-corrected chi connectivity index (χ4v) is 4.05. The van der Waals surface area contributed by atoms with E-state index in [-0.39, 0.29) is 37.9 Å². The molecule has 6 nitrogen and oxygen atoms in total. The van der Waals surface area contributed by atoms with Gasteiger partial charge in [-0.05, 0) is 44.6 Å². The number of rotatable bonds is 8. The molecule has 1 aliphatic rings. The Balaban J connectivity index is 0.00000306. The molecule has 3 aromatic rings. The Kier molecular flexibility index (Phi) is 8.52. The fraction of sp³-hybridized carbons (Fsp3) is 0.360. The predicted octanol–water partition coefficient (Wildman–Crippen LogP) is 4.22. The number of fused-ring (bicyclic) bond motifs is 1. The van der Waals surface area contributed by atoms with Crippen molar-refractivity contribution in [1.29, 1.82) is 0 Å². The van der Waals surface area contributed by atoms with Crippen molar-refractivity contribution in [2.75, 3.05) is 20.1 Å². The van der Waals surface area contributed by atoms with Crippen molar-refractivity contribution in [2.45, 2.75) is 39.0 Å². The first kappa shape index (κ1) is 24.8. The Hall–Kier alpha value is -2.84. The molecule has 0 saturated carbocycles. The van der Waals surface area contributed by atoms with Gasteiger partial charge >= 0.3 is 0 Å². The highest BCUT2D eigenvalue weighted by atomic mass is 32.1. The molecule has 33 heavy (non-hydrogen) atoms. The summed E-state index contributed by atoms with van der Waals surface area (Å²) in [6.45, 7) is 4.13. The van der Waals surface area contributed by atoms with Gasteiger partial charge in [0, 0.05) is 37.7 Å². The average molecular weight is 471 g/mol. The van der Waals surface area contributed by atoms with Gasteiger partial charge in [0.15, 0.2) is 0 Å². The lowest BCUT2D eigenvalue weighted by atomic mass is 10.1. The smallest absolute Gasteiger partial charge is 0.272 e. The van der Waals surface area contributed by atoms with Crippen molar-refractivity contribution in [2.24, 2.45) is 0 Å². The zero-order valence-electron chi connectivity index (χ0n) is 19.1. The molecule has 1 aliphatic heterocycles. The largest absolute Gasteiger partial charge is 0.486 e. The minimum Gasteiger partial charge on any atom is -0.486 e. The molecule has 1 N–H and O–H groups in total. The van der Waals surface area contributed by atoms with Crippen LogP contribution < -0.4 is 10.1 Å². The van der Waals surface area contributed by atoms with Crippen LogP contribution in [0.1, 0.15) is 46.3 Å². The van der Waals surface area contributed by atoms with Crippen LogP contribution in [0.25, 0.3) is 0 Å². The first-order chi connectivity index (χ1) is 15.5. The Morgan fingerprint density at radius 3 is 2.67 bits per heavy atom. The molecule has 8 heteroatoms. The number of benzene rings is 2. The van der Waals surface area contributed by atoms with Crippen LogP contribution in [0.15, 0.2) is 54.6 Å². The number of nitrogens with zero attached hydrogens (tertiary/aromatic N) is 3. The van der Waals surface area contributed by atoms with Crippen LogP contribution in [0, 0.1) is 12.7 Å². The van der Waals surface area contributed by atoms with E-state index in [0.29, 0.717) is 30.1 Å². The maximum atomic E-state index is 15.0. The number of carbonyl (C=O) groups excluding carboxylic acids is 1. The summed E-state index contributed by atoms with van der Waals surface area (Å²) < 4.78 is 22.9. The van der Waals surface area contributed by atoms with Gasteiger partial charge in [-0.15, -0.1) is 0 Å². The molecule has 1 amide bonds. The number of halogens is 1. The zero-order valence-corrected chi connectivity index (χ0v) is 20.1. The highest BCUT2D eigenvalue weighted by Crippen LogP contribution is 2.27. The summed E-state index contributed by atoms with van der Waals surface area (Å²) in [6.07, 6.45) is 1.37. The van der Waals surface area contributed by atoms with Gasteiger partial charge in [0.25, 0.3) is 5.91 Å². The number of aryl methyl sites for hydroxylation is 2. The lowest BCUT2D eigenvalue weighted by Crippen LogP contribution is -2.31. The highest BCUT2D eigenvalue weighted by molar-refractivity contribution is 7.59. The molecule has 0 aliphatic carbocycles. The summed E-state index contributed by atoms with van der Waals surface area (Å²) in [4.78, 5) is 14.6. The number of ether oxygens (including phenoxy) is 1. The summed E-state index contributed by atoms with van der Waals surface area (Å²) in [7, 11) is 1.90. The van der Waals surface area contributed by atoms with Gasteiger partial charge in [-0.3, -0.25) is 9.48 Å². The highest BCUT2D eigenvalue weighted by Gasteiger charge is 2.25. The van der Waals surface area contributed by atoms with E-state index < -0.39 is 0 Å². The van der Waals surface area contributed by atoms with Crippen molar-refractivity contribution in [3.8, 4) is 5.75 Å². The number of hydrogen-bond donors (Lipinski definition) is 1. The molecule has 0 bridgehead atoms. The molecule has 2 aromatic carbocycles. The lowest BCUT2D eigenvalue weighted by molar-refractivity contribution is 0.0744. The Morgan fingerprint density at radius 2 is 1.94 bits per heavy atom. The van der Waals surface area contributed by atoms with E-state index in [1.807, 2.05) is 44.3 Å². The second-order valence-corrected chi connectivity index (χ2v) is 8.14. The summed E-state index contributed by atoms with van der Waals surface area (Å²) in [5.74, 6) is -0.00389. The topological polar surface area (TPSA) is 59.4 Å². The maximum Gasteiger partial charge on any atom is 0.272 e. The number of amides is 1. The third-order valence-corrected chi connectivity index (χ3v) is 5.70. The van der Waals surface area contributed by atoms with Crippen molar-refractivity contribution in [3.63, 3.8) is 0 Å². The number of hydrogen-bond acceptors (Lipinski definition) is 4. The minimum absolute atomic E-state index is 0. The predicted molar refractivity (Wildman–Crippen MR) is 131 cm³/mol. The van der Waals surface area contributed by atoms with Crippen LogP contribution in [-0.4, -0.2) is 40.7 Å². The van der Waals surface area contributed by atoms with E-state index in [9.17, 15) is 9.18 Å². The SMILES string of the molecule is CNCC[C@H](Oc1ccc(CN2CCCn3nc(C)cc3C2=O)c(F)c1)c1ccccc1.S. The van der Waals surface area contributed by atoms with Gasteiger partial charge in [-0.25, -0.2) is 4.39 Å². The molecular formula is C25H31FN4O2S. The van der Waals surface area contributed by atoms with Crippen molar-refractivity contribution in [3.05, 3.63) is 82.9 Å². The molecule has 0 fully saturated rings. The molecule has 0 saturated heterocycles. The Bertz CT molecular complexity index is 1070. The Morgan fingerprint density at radius 1 is 1.15 bits per heavy atom. The third kappa shape index (κ3) is 5.94. The van der Waals surface area contributed by atoms with Crippen LogP contribution in [-0.2, 0) is 13.1 Å². The molecule has 176 valence electrons. The van der Waals surface area contributed by atoms with Crippen LogP contribution in [0.3, 0.4) is 0 Å². The minimum atomic E-state index is -0.371. The summed E-state index contributed by atoms with van der Waals surface area (Å²) >= 11 is 0. The summed E-state index contributed by atoms with van der Waals surface area (Å²) in [5.41, 5.74) is 2.90. The fourth-order valence-electron chi connectivity index (χ4n) is 4.05. The van der Waals surface area contributed by atoms with E-state index in [1.54, 1.807) is 27.8 Å². The molecule has 2 heterocycles. The van der Waals surface area contributed by atoms with Crippen molar-refractivity contribution in [1.82, 2.24) is 20.0 Å². The summed E-state index contributed by atoms with van der Waals surface area (Å²) in [5, 5.41) is 7.52. The van der Waals surface area contributed by atoms with Crippen LogP contribution in [0.2, 0.25) is 0 Å². The molecule has 0 radical (unpaired) electrons. The van der Waals surface area contributed by atoms with Gasteiger partial charge < -0.3 is 15.0 Å². The molecule has 4 rings (SSSR count). The first-order valence-electron chi connectivity index (χ1n) is 11.0. The second-order valence-electron chi connectivity index (χ2n) is 8.14. The summed E-state index contributed by atoms with van der Waals surface area (Å²) in [6, 6.07) is 16.7. The third-order valence-electron chi connectivity index (χ3n) is 5.70. The van der Waals surface area contributed by atoms with Crippen molar-refractivity contribution >= 4 is 19.4 Å². The van der Waals surface area contributed by atoms with Gasteiger partial charge in [0.05, 0.1) is 5.69 Å². The second kappa shape index (κ2) is 11.3. The van der Waals surface area contributed by atoms with E-state index in [2.05, 4.69) is 10.4 Å². The van der Waals surface area contributed by atoms with Crippen molar-refractivity contribution < 1.29 is 13.9 Å².